The van der Waals surface area contributed by atoms with Gasteiger partial charge in [0.05, 0.1) is 6.61 Å². The normalized spacial score (nSPS) is 20.3. The molecule has 1 N–H and O–H groups in total. The predicted molar refractivity (Wildman–Crippen MR) is 46.7 cm³/mol. The monoisotopic (exact) mass is 193 g/mol. The van der Waals surface area contributed by atoms with Gasteiger partial charge in [0.2, 0.25) is 0 Å². The maximum atomic E-state index is 11.8. The van der Waals surface area contributed by atoms with Gasteiger partial charge in [-0.25, -0.2) is 0 Å². The summed E-state index contributed by atoms with van der Waals surface area (Å²) in [5, 5.41) is 3.02. The van der Waals surface area contributed by atoms with Gasteiger partial charge in [0.15, 0.2) is 0 Å². The van der Waals surface area contributed by atoms with Crippen molar-refractivity contribution in [2.45, 2.75) is 25.9 Å². The SMILES string of the molecule is CNCC(COC(F)F)C1CCC1. The zero-order chi connectivity index (χ0) is 9.68. The molecule has 0 heterocycles. The van der Waals surface area contributed by atoms with Gasteiger partial charge in [-0.3, -0.25) is 0 Å². The summed E-state index contributed by atoms with van der Waals surface area (Å²) < 4.78 is 27.9. The standard InChI is InChI=1S/C9H17F2NO/c1-12-5-8(6-13-9(10)11)7-3-2-4-7/h7-9,12H,2-6H2,1H3. The molecule has 0 amide bonds. The van der Waals surface area contributed by atoms with Crippen LogP contribution in [0.5, 0.6) is 0 Å². The molecule has 1 rings (SSSR count). The zero-order valence-electron chi connectivity index (χ0n) is 7.93. The predicted octanol–water partition coefficient (Wildman–Crippen LogP) is 1.86. The quantitative estimate of drug-likeness (QED) is 0.695. The molecule has 1 unspecified atom stereocenters. The summed E-state index contributed by atoms with van der Waals surface area (Å²) in [4.78, 5) is 0. The highest BCUT2D eigenvalue weighted by Gasteiger charge is 2.27. The van der Waals surface area contributed by atoms with Crippen LogP contribution in [0.15, 0.2) is 0 Å². The lowest BCUT2D eigenvalue weighted by molar-refractivity contribution is -0.143. The molecule has 4 heteroatoms. The molecule has 1 aliphatic carbocycles. The van der Waals surface area contributed by atoms with E-state index in [1.165, 1.54) is 19.3 Å². The van der Waals surface area contributed by atoms with E-state index in [-0.39, 0.29) is 12.5 Å². The number of hydrogen-bond acceptors (Lipinski definition) is 2. The highest BCUT2D eigenvalue weighted by molar-refractivity contribution is 4.78. The second kappa shape index (κ2) is 5.50. The molecule has 1 saturated carbocycles. The molecule has 0 radical (unpaired) electrons. The lowest BCUT2D eigenvalue weighted by Gasteiger charge is -2.33. The smallest absolute Gasteiger partial charge is 0.323 e. The third kappa shape index (κ3) is 3.56. The third-order valence-corrected chi connectivity index (χ3v) is 2.72. The fourth-order valence-electron chi connectivity index (χ4n) is 1.73. The molecular formula is C9H17F2NO. The molecule has 1 aliphatic rings. The molecule has 1 atom stereocenters. The molecule has 0 spiro atoms. The van der Waals surface area contributed by atoms with Gasteiger partial charge >= 0.3 is 6.61 Å². The Labute approximate surface area is 77.6 Å². The number of ether oxygens (including phenoxy) is 1. The van der Waals surface area contributed by atoms with Gasteiger partial charge in [0, 0.05) is 6.54 Å². The Morgan fingerprint density at radius 2 is 2.15 bits per heavy atom. The molecule has 0 aromatic carbocycles. The highest BCUT2D eigenvalue weighted by Crippen LogP contribution is 2.33. The maximum absolute atomic E-state index is 11.8. The van der Waals surface area contributed by atoms with E-state index in [4.69, 9.17) is 0 Å². The first kappa shape index (κ1) is 10.9. The topological polar surface area (TPSA) is 21.3 Å². The number of hydrogen-bond donors (Lipinski definition) is 1. The average Bonchev–Trinajstić information content (AvgIpc) is 1.97. The van der Waals surface area contributed by atoms with E-state index >= 15 is 0 Å². The molecule has 0 aliphatic heterocycles. The molecular weight excluding hydrogens is 176 g/mol. The fourth-order valence-corrected chi connectivity index (χ4v) is 1.73. The van der Waals surface area contributed by atoms with Gasteiger partial charge in [-0.2, -0.15) is 8.78 Å². The Morgan fingerprint density at radius 1 is 1.46 bits per heavy atom. The van der Waals surface area contributed by atoms with Crippen molar-refractivity contribution in [3.63, 3.8) is 0 Å². The van der Waals surface area contributed by atoms with Crippen molar-refractivity contribution in [1.29, 1.82) is 0 Å². The molecule has 0 aromatic rings. The van der Waals surface area contributed by atoms with Crippen molar-refractivity contribution in [2.24, 2.45) is 11.8 Å². The van der Waals surface area contributed by atoms with Gasteiger partial charge in [-0.1, -0.05) is 19.3 Å². The number of alkyl halides is 2. The van der Waals surface area contributed by atoms with Gasteiger partial charge < -0.3 is 10.1 Å². The van der Waals surface area contributed by atoms with Gasteiger partial charge in [0.25, 0.3) is 0 Å². The summed E-state index contributed by atoms with van der Waals surface area (Å²) in [5.41, 5.74) is 0. The number of halogens is 2. The first-order valence-electron chi connectivity index (χ1n) is 4.78. The molecule has 0 aromatic heterocycles. The van der Waals surface area contributed by atoms with Crippen LogP contribution in [-0.2, 0) is 4.74 Å². The maximum Gasteiger partial charge on any atom is 0.345 e. The summed E-state index contributed by atoms with van der Waals surface area (Å²) in [7, 11) is 1.84. The van der Waals surface area contributed by atoms with Crippen LogP contribution in [0.2, 0.25) is 0 Å². The van der Waals surface area contributed by atoms with Crippen LogP contribution in [0, 0.1) is 11.8 Å². The summed E-state index contributed by atoms with van der Waals surface area (Å²) in [6.07, 6.45) is 3.57. The minimum absolute atomic E-state index is 0.184. The zero-order valence-corrected chi connectivity index (χ0v) is 7.93. The minimum atomic E-state index is -2.63. The van der Waals surface area contributed by atoms with Gasteiger partial charge in [-0.15, -0.1) is 0 Å². The summed E-state index contributed by atoms with van der Waals surface area (Å²) in [5.74, 6) is 0.846. The van der Waals surface area contributed by atoms with Crippen LogP contribution >= 0.6 is 0 Å². The molecule has 13 heavy (non-hydrogen) atoms. The van der Waals surface area contributed by atoms with Crippen molar-refractivity contribution in [2.75, 3.05) is 20.2 Å². The molecule has 1 fully saturated rings. The summed E-state index contributed by atoms with van der Waals surface area (Å²) in [6.45, 7) is -1.67. The fraction of sp³-hybridized carbons (Fsp3) is 1.00. The van der Waals surface area contributed by atoms with Crippen molar-refractivity contribution in [3.8, 4) is 0 Å². The van der Waals surface area contributed by atoms with E-state index in [2.05, 4.69) is 10.1 Å². The molecule has 0 bridgehead atoms. The van der Waals surface area contributed by atoms with E-state index < -0.39 is 6.61 Å². The minimum Gasteiger partial charge on any atom is -0.323 e. The number of nitrogens with one attached hydrogen (secondary N) is 1. The van der Waals surface area contributed by atoms with Crippen molar-refractivity contribution >= 4 is 0 Å². The van der Waals surface area contributed by atoms with Crippen LogP contribution in [-0.4, -0.2) is 26.8 Å². The van der Waals surface area contributed by atoms with E-state index in [9.17, 15) is 8.78 Å². The Kier molecular flexibility index (Phi) is 4.59. The average molecular weight is 193 g/mol. The largest absolute Gasteiger partial charge is 0.345 e. The van der Waals surface area contributed by atoms with E-state index in [1.807, 2.05) is 7.05 Å². The lowest BCUT2D eigenvalue weighted by atomic mass is 9.76. The van der Waals surface area contributed by atoms with Crippen molar-refractivity contribution in [1.82, 2.24) is 5.32 Å². The van der Waals surface area contributed by atoms with Crippen molar-refractivity contribution < 1.29 is 13.5 Å². The van der Waals surface area contributed by atoms with Crippen molar-refractivity contribution in [3.05, 3.63) is 0 Å². The van der Waals surface area contributed by atoms with Gasteiger partial charge in [0.1, 0.15) is 0 Å². The van der Waals surface area contributed by atoms with E-state index in [0.717, 1.165) is 6.54 Å². The van der Waals surface area contributed by atoms with Crippen LogP contribution < -0.4 is 5.32 Å². The Balaban J connectivity index is 2.20. The Bertz CT molecular complexity index is 140. The second-order valence-corrected chi connectivity index (χ2v) is 3.60. The van der Waals surface area contributed by atoms with Crippen LogP contribution in [0.4, 0.5) is 8.78 Å². The molecule has 78 valence electrons. The van der Waals surface area contributed by atoms with E-state index in [0.29, 0.717) is 5.92 Å². The third-order valence-electron chi connectivity index (χ3n) is 2.72. The summed E-state index contributed by atoms with van der Waals surface area (Å²) in [6, 6.07) is 0. The first-order chi connectivity index (χ1) is 6.24. The highest BCUT2D eigenvalue weighted by atomic mass is 19.3. The number of rotatable bonds is 6. The van der Waals surface area contributed by atoms with Gasteiger partial charge in [-0.05, 0) is 18.9 Å². The van der Waals surface area contributed by atoms with Crippen LogP contribution in [0.25, 0.3) is 0 Å². The molecule has 2 nitrogen and oxygen atoms in total. The van der Waals surface area contributed by atoms with E-state index in [1.54, 1.807) is 0 Å². The molecule has 0 saturated heterocycles. The lowest BCUT2D eigenvalue weighted by Crippen LogP contribution is -2.33. The second-order valence-electron chi connectivity index (χ2n) is 3.60. The summed E-state index contributed by atoms with van der Waals surface area (Å²) >= 11 is 0. The first-order valence-corrected chi connectivity index (χ1v) is 4.78. The Hall–Kier alpha value is -0.220. The van der Waals surface area contributed by atoms with Crippen LogP contribution in [0.3, 0.4) is 0 Å². The Morgan fingerprint density at radius 3 is 2.54 bits per heavy atom. The van der Waals surface area contributed by atoms with Crippen LogP contribution in [0.1, 0.15) is 19.3 Å².